The zero-order valence-electron chi connectivity index (χ0n) is 12.2. The Kier molecular flexibility index (Phi) is 4.56. The third kappa shape index (κ3) is 3.64. The summed E-state index contributed by atoms with van der Waals surface area (Å²) in [7, 11) is 0. The van der Waals surface area contributed by atoms with E-state index in [2.05, 4.69) is 42.4 Å². The summed E-state index contributed by atoms with van der Waals surface area (Å²) in [5.74, 6) is 1.70. The molecule has 3 rings (SSSR count). The molecule has 21 heavy (non-hydrogen) atoms. The topological polar surface area (TPSA) is 95.6 Å². The molecule has 1 aliphatic rings. The van der Waals surface area contributed by atoms with Gasteiger partial charge in [0.05, 0.1) is 6.61 Å². The fourth-order valence-electron chi connectivity index (χ4n) is 2.51. The smallest absolute Gasteiger partial charge is 0.204 e. The van der Waals surface area contributed by atoms with Crippen LogP contribution >= 0.6 is 0 Å². The van der Waals surface area contributed by atoms with Crippen molar-refractivity contribution in [3.8, 4) is 0 Å². The van der Waals surface area contributed by atoms with Gasteiger partial charge in [0.25, 0.3) is 0 Å². The van der Waals surface area contributed by atoms with Crippen molar-refractivity contribution in [1.82, 2.24) is 35.5 Å². The van der Waals surface area contributed by atoms with E-state index in [0.29, 0.717) is 12.4 Å². The van der Waals surface area contributed by atoms with Crippen LogP contribution in [-0.4, -0.2) is 55.2 Å². The molecular formula is C13H21N7O. The molecule has 0 amide bonds. The monoisotopic (exact) mass is 291 g/mol. The highest BCUT2D eigenvalue weighted by atomic mass is 16.5. The number of aromatic nitrogens is 6. The minimum atomic E-state index is -0.111. The molecular weight excluding hydrogens is 270 g/mol. The van der Waals surface area contributed by atoms with Gasteiger partial charge in [0.1, 0.15) is 11.9 Å². The van der Waals surface area contributed by atoms with Crippen LogP contribution in [0, 0.1) is 0 Å². The van der Waals surface area contributed by atoms with Crippen molar-refractivity contribution >= 4 is 0 Å². The van der Waals surface area contributed by atoms with E-state index < -0.39 is 0 Å². The van der Waals surface area contributed by atoms with E-state index in [-0.39, 0.29) is 6.10 Å². The normalized spacial score (nSPS) is 20.0. The Morgan fingerprint density at radius 3 is 3.24 bits per heavy atom. The molecule has 0 aliphatic carbocycles. The summed E-state index contributed by atoms with van der Waals surface area (Å²) in [6.07, 6.45) is 5.20. The van der Waals surface area contributed by atoms with Crippen LogP contribution in [0.5, 0.6) is 0 Å². The molecule has 1 fully saturated rings. The average molecular weight is 291 g/mol. The van der Waals surface area contributed by atoms with Gasteiger partial charge in [-0.1, -0.05) is 18.6 Å². The maximum absolute atomic E-state index is 5.70. The number of rotatable bonds is 6. The van der Waals surface area contributed by atoms with Crippen molar-refractivity contribution < 1.29 is 4.74 Å². The summed E-state index contributed by atoms with van der Waals surface area (Å²) >= 11 is 0. The van der Waals surface area contributed by atoms with E-state index in [1.54, 1.807) is 0 Å². The Morgan fingerprint density at radius 1 is 1.48 bits per heavy atom. The summed E-state index contributed by atoms with van der Waals surface area (Å²) in [6.45, 7) is 5.38. The Labute approximate surface area is 123 Å². The molecule has 114 valence electrons. The number of unbranched alkanes of at least 4 members (excludes halogenated alkanes) is 1. The highest BCUT2D eigenvalue weighted by Gasteiger charge is 2.25. The molecule has 1 unspecified atom stereocenters. The van der Waals surface area contributed by atoms with E-state index in [1.165, 1.54) is 12.8 Å². The number of hydrogen-bond donors (Lipinski definition) is 2. The molecule has 1 atom stereocenters. The average Bonchev–Trinajstić information content (AvgIpc) is 3.17. The zero-order valence-corrected chi connectivity index (χ0v) is 12.2. The van der Waals surface area contributed by atoms with Gasteiger partial charge < -0.3 is 9.72 Å². The van der Waals surface area contributed by atoms with Gasteiger partial charge >= 0.3 is 0 Å². The van der Waals surface area contributed by atoms with Crippen molar-refractivity contribution in [2.75, 3.05) is 19.7 Å². The molecule has 0 saturated carbocycles. The van der Waals surface area contributed by atoms with Crippen LogP contribution in [0.4, 0.5) is 0 Å². The van der Waals surface area contributed by atoms with Crippen LogP contribution in [0.3, 0.4) is 0 Å². The molecule has 2 aromatic rings. The lowest BCUT2D eigenvalue weighted by atomic mass is 10.2. The van der Waals surface area contributed by atoms with E-state index in [1.807, 2.05) is 6.20 Å². The molecule has 8 heteroatoms. The van der Waals surface area contributed by atoms with Gasteiger partial charge in [0, 0.05) is 37.9 Å². The van der Waals surface area contributed by atoms with Crippen LogP contribution in [0.1, 0.15) is 43.2 Å². The lowest BCUT2D eigenvalue weighted by Gasteiger charge is -2.30. The third-order valence-corrected chi connectivity index (χ3v) is 3.64. The van der Waals surface area contributed by atoms with Crippen LogP contribution in [0.15, 0.2) is 6.20 Å². The molecule has 0 radical (unpaired) electrons. The first kappa shape index (κ1) is 14.2. The second kappa shape index (κ2) is 6.77. The van der Waals surface area contributed by atoms with Crippen molar-refractivity contribution in [3.63, 3.8) is 0 Å². The predicted octanol–water partition coefficient (Wildman–Crippen LogP) is 0.839. The molecule has 2 N–H and O–H groups in total. The van der Waals surface area contributed by atoms with Gasteiger partial charge in [0.15, 0.2) is 0 Å². The van der Waals surface area contributed by atoms with Gasteiger partial charge in [-0.15, -0.1) is 10.2 Å². The zero-order chi connectivity index (χ0) is 14.5. The molecule has 1 saturated heterocycles. The van der Waals surface area contributed by atoms with Gasteiger partial charge in [-0.3, -0.25) is 4.90 Å². The summed E-state index contributed by atoms with van der Waals surface area (Å²) in [5, 5.41) is 14.1. The largest absolute Gasteiger partial charge is 0.367 e. The van der Waals surface area contributed by atoms with Crippen LogP contribution in [-0.2, 0) is 17.7 Å². The van der Waals surface area contributed by atoms with E-state index in [0.717, 1.165) is 37.6 Å². The van der Waals surface area contributed by atoms with Gasteiger partial charge in [0.2, 0.25) is 5.82 Å². The number of tetrazole rings is 1. The molecule has 0 spiro atoms. The number of aryl methyl sites for hydroxylation is 1. The minimum absolute atomic E-state index is 0.111. The van der Waals surface area contributed by atoms with Gasteiger partial charge in [-0.25, -0.2) is 4.98 Å². The molecule has 8 nitrogen and oxygen atoms in total. The number of H-pyrrole nitrogens is 2. The minimum Gasteiger partial charge on any atom is -0.367 e. The number of nitrogens with zero attached hydrogens (tertiary/aromatic N) is 5. The van der Waals surface area contributed by atoms with Crippen molar-refractivity contribution in [2.45, 2.75) is 38.8 Å². The Hall–Kier alpha value is -1.80. The first-order chi connectivity index (χ1) is 10.3. The summed E-state index contributed by atoms with van der Waals surface area (Å²) in [5.41, 5.74) is 1.15. The first-order valence-electron chi connectivity index (χ1n) is 7.45. The fourth-order valence-corrected chi connectivity index (χ4v) is 2.51. The maximum atomic E-state index is 5.70. The van der Waals surface area contributed by atoms with E-state index in [4.69, 9.17) is 4.74 Å². The number of morpholine rings is 1. The van der Waals surface area contributed by atoms with Crippen LogP contribution in [0.25, 0.3) is 0 Å². The highest BCUT2D eigenvalue weighted by Crippen LogP contribution is 2.19. The SMILES string of the molecule is CCCCc1ncc(CN2CCOC(c3nn[nH]n3)C2)[nH]1. The van der Waals surface area contributed by atoms with Crippen LogP contribution in [0.2, 0.25) is 0 Å². The number of hydrogen-bond acceptors (Lipinski definition) is 6. The molecule has 3 heterocycles. The van der Waals surface area contributed by atoms with Gasteiger partial charge in [-0.05, 0) is 6.42 Å². The van der Waals surface area contributed by atoms with E-state index in [9.17, 15) is 0 Å². The van der Waals surface area contributed by atoms with Crippen molar-refractivity contribution in [3.05, 3.63) is 23.5 Å². The van der Waals surface area contributed by atoms with Gasteiger partial charge in [-0.2, -0.15) is 5.21 Å². The van der Waals surface area contributed by atoms with E-state index >= 15 is 0 Å². The summed E-state index contributed by atoms with van der Waals surface area (Å²) in [6, 6.07) is 0. The standard InChI is InChI=1S/C13H21N7O/c1-2-3-4-12-14-7-10(15-12)8-20-5-6-21-11(9-20)13-16-18-19-17-13/h7,11H,2-6,8-9H2,1H3,(H,14,15)(H,16,17,18,19). The fraction of sp³-hybridized carbons (Fsp3) is 0.692. The molecule has 0 bridgehead atoms. The Balaban J connectivity index is 1.56. The Bertz CT molecular complexity index is 538. The quantitative estimate of drug-likeness (QED) is 0.819. The number of nitrogens with one attached hydrogen (secondary N) is 2. The van der Waals surface area contributed by atoms with Crippen molar-refractivity contribution in [2.24, 2.45) is 0 Å². The third-order valence-electron chi connectivity index (χ3n) is 3.64. The molecule has 1 aliphatic heterocycles. The predicted molar refractivity (Wildman–Crippen MR) is 75.3 cm³/mol. The van der Waals surface area contributed by atoms with Crippen LogP contribution < -0.4 is 0 Å². The number of imidazole rings is 1. The van der Waals surface area contributed by atoms with Crippen molar-refractivity contribution in [1.29, 1.82) is 0 Å². The number of ether oxygens (including phenoxy) is 1. The Morgan fingerprint density at radius 2 is 2.43 bits per heavy atom. The maximum Gasteiger partial charge on any atom is 0.204 e. The molecule has 2 aromatic heterocycles. The first-order valence-corrected chi connectivity index (χ1v) is 7.45. The lowest BCUT2D eigenvalue weighted by molar-refractivity contribution is -0.0375. The molecule has 0 aromatic carbocycles. The summed E-state index contributed by atoms with van der Waals surface area (Å²) in [4.78, 5) is 10.2. The highest BCUT2D eigenvalue weighted by molar-refractivity contribution is 5.02. The second-order valence-corrected chi connectivity index (χ2v) is 5.32. The lowest BCUT2D eigenvalue weighted by Crippen LogP contribution is -2.38. The number of aromatic amines is 2. The summed E-state index contributed by atoms with van der Waals surface area (Å²) < 4.78 is 5.70. The second-order valence-electron chi connectivity index (χ2n) is 5.32.